The zero-order valence-electron chi connectivity index (χ0n) is 16.0. The Hall–Kier alpha value is -2.81. The van der Waals surface area contributed by atoms with E-state index in [1.165, 1.54) is 0 Å². The number of hydrogen-bond donors (Lipinski definition) is 0. The van der Waals surface area contributed by atoms with Crippen LogP contribution in [-0.4, -0.2) is 44.5 Å². The molecule has 0 aliphatic heterocycles. The number of amides is 1. The smallest absolute Gasteiger partial charge is 0.274 e. The third-order valence-electron chi connectivity index (χ3n) is 4.21. The van der Waals surface area contributed by atoms with Crippen molar-refractivity contribution >= 4 is 21.8 Å². The van der Waals surface area contributed by atoms with Crippen molar-refractivity contribution in [2.45, 2.75) is 26.7 Å². The predicted octanol–water partition coefficient (Wildman–Crippen LogP) is 3.18. The lowest BCUT2D eigenvalue weighted by Crippen LogP contribution is -2.28. The Labute approximate surface area is 171 Å². The van der Waals surface area contributed by atoms with Gasteiger partial charge in [-0.25, -0.2) is 4.68 Å². The molecule has 2 aromatic heterocycles. The van der Waals surface area contributed by atoms with E-state index in [1.807, 2.05) is 35.9 Å². The lowest BCUT2D eigenvalue weighted by molar-refractivity contribution is 0.0773. The molecule has 1 aromatic carbocycles. The van der Waals surface area contributed by atoms with Crippen LogP contribution in [0.4, 0.5) is 0 Å². The van der Waals surface area contributed by atoms with Crippen LogP contribution >= 0.6 is 15.9 Å². The van der Waals surface area contributed by atoms with E-state index in [1.54, 1.807) is 42.2 Å². The van der Waals surface area contributed by atoms with Gasteiger partial charge < -0.3 is 14.4 Å². The fraction of sp³-hybridized carbons (Fsp3) is 0.316. The standard InChI is InChI=1S/C19H22BrN5O3/c1-4-25-18(16(20)11-21-25)12-23(2)19(26)17-9-10-24(22-17)13-28-15-7-5-14(27-3)6-8-15/h5-11H,4,12-13H2,1-3H3. The number of halogens is 1. The summed E-state index contributed by atoms with van der Waals surface area (Å²) < 4.78 is 15.1. The lowest BCUT2D eigenvalue weighted by Gasteiger charge is -2.17. The first-order chi connectivity index (χ1) is 13.5. The van der Waals surface area contributed by atoms with Crippen LogP contribution < -0.4 is 9.47 Å². The Bertz CT molecular complexity index is 935. The quantitative estimate of drug-likeness (QED) is 0.529. The van der Waals surface area contributed by atoms with E-state index in [0.29, 0.717) is 18.0 Å². The van der Waals surface area contributed by atoms with Gasteiger partial charge in [-0.2, -0.15) is 10.2 Å². The highest BCUT2D eigenvalue weighted by molar-refractivity contribution is 9.10. The number of rotatable bonds is 8. The van der Waals surface area contributed by atoms with Gasteiger partial charge in [0.15, 0.2) is 12.4 Å². The molecule has 0 atom stereocenters. The van der Waals surface area contributed by atoms with Crippen molar-refractivity contribution in [3.63, 3.8) is 0 Å². The molecule has 0 saturated heterocycles. The van der Waals surface area contributed by atoms with E-state index in [2.05, 4.69) is 26.1 Å². The molecular formula is C19H22BrN5O3. The van der Waals surface area contributed by atoms with Crippen molar-refractivity contribution in [1.82, 2.24) is 24.5 Å². The Balaban J connectivity index is 1.60. The molecular weight excluding hydrogens is 426 g/mol. The third-order valence-corrected chi connectivity index (χ3v) is 4.88. The van der Waals surface area contributed by atoms with Crippen LogP contribution in [0, 0.1) is 0 Å². The number of nitrogens with zero attached hydrogens (tertiary/aromatic N) is 5. The molecule has 3 aromatic rings. The Morgan fingerprint density at radius 2 is 1.93 bits per heavy atom. The Morgan fingerprint density at radius 3 is 2.61 bits per heavy atom. The number of hydrogen-bond acceptors (Lipinski definition) is 5. The van der Waals surface area contributed by atoms with Gasteiger partial charge in [0.25, 0.3) is 5.91 Å². The fourth-order valence-electron chi connectivity index (χ4n) is 2.67. The van der Waals surface area contributed by atoms with Gasteiger partial charge in [0, 0.05) is 19.8 Å². The van der Waals surface area contributed by atoms with Crippen LogP contribution in [-0.2, 0) is 19.8 Å². The van der Waals surface area contributed by atoms with Crippen molar-refractivity contribution < 1.29 is 14.3 Å². The first-order valence-electron chi connectivity index (χ1n) is 8.77. The third kappa shape index (κ3) is 4.53. The topological polar surface area (TPSA) is 74.4 Å². The van der Waals surface area contributed by atoms with Crippen LogP contribution in [0.1, 0.15) is 23.1 Å². The molecule has 0 bridgehead atoms. The van der Waals surface area contributed by atoms with Crippen LogP contribution in [0.5, 0.6) is 11.5 Å². The molecule has 28 heavy (non-hydrogen) atoms. The fourth-order valence-corrected chi connectivity index (χ4v) is 3.09. The maximum absolute atomic E-state index is 12.7. The minimum Gasteiger partial charge on any atom is -0.497 e. The second-order valence-corrected chi connectivity index (χ2v) is 6.96. The summed E-state index contributed by atoms with van der Waals surface area (Å²) in [5.74, 6) is 1.29. The number of carbonyl (C=O) groups excluding carboxylic acids is 1. The molecule has 0 saturated carbocycles. The number of benzene rings is 1. The molecule has 9 heteroatoms. The summed E-state index contributed by atoms with van der Waals surface area (Å²) in [6.07, 6.45) is 3.46. The molecule has 0 unspecified atom stereocenters. The molecule has 0 N–H and O–H groups in total. The molecule has 0 fully saturated rings. The van der Waals surface area contributed by atoms with Gasteiger partial charge in [-0.05, 0) is 53.2 Å². The van der Waals surface area contributed by atoms with Crippen LogP contribution in [0.15, 0.2) is 47.2 Å². The highest BCUT2D eigenvalue weighted by Crippen LogP contribution is 2.19. The zero-order chi connectivity index (χ0) is 20.1. The van der Waals surface area contributed by atoms with Gasteiger partial charge in [-0.3, -0.25) is 9.48 Å². The maximum atomic E-state index is 12.7. The average Bonchev–Trinajstić information content (AvgIpc) is 3.33. The molecule has 0 radical (unpaired) electrons. The van der Waals surface area contributed by atoms with Crippen LogP contribution in [0.25, 0.3) is 0 Å². The highest BCUT2D eigenvalue weighted by Gasteiger charge is 2.18. The van der Waals surface area contributed by atoms with Gasteiger partial charge in [0.2, 0.25) is 0 Å². The SMILES string of the molecule is CCn1ncc(Br)c1CN(C)C(=O)c1ccn(COc2ccc(OC)cc2)n1. The molecule has 3 rings (SSSR count). The lowest BCUT2D eigenvalue weighted by atomic mass is 10.3. The zero-order valence-corrected chi connectivity index (χ0v) is 17.6. The molecule has 0 aliphatic rings. The number of aromatic nitrogens is 4. The minimum atomic E-state index is -0.168. The summed E-state index contributed by atoms with van der Waals surface area (Å²) in [5, 5.41) is 8.59. The van der Waals surface area contributed by atoms with Gasteiger partial charge >= 0.3 is 0 Å². The van der Waals surface area contributed by atoms with Gasteiger partial charge in [0.05, 0.1) is 30.0 Å². The van der Waals surface area contributed by atoms with Crippen molar-refractivity contribution in [2.75, 3.05) is 14.2 Å². The van der Waals surface area contributed by atoms with Gasteiger partial charge in [-0.1, -0.05) is 0 Å². The van der Waals surface area contributed by atoms with E-state index in [9.17, 15) is 4.79 Å². The normalized spacial score (nSPS) is 10.7. The van der Waals surface area contributed by atoms with E-state index in [0.717, 1.165) is 22.5 Å². The largest absolute Gasteiger partial charge is 0.497 e. The number of carbonyl (C=O) groups is 1. The summed E-state index contributed by atoms with van der Waals surface area (Å²) in [7, 11) is 3.36. The minimum absolute atomic E-state index is 0.168. The monoisotopic (exact) mass is 447 g/mol. The Kier molecular flexibility index (Phi) is 6.35. The number of ether oxygens (including phenoxy) is 2. The predicted molar refractivity (Wildman–Crippen MR) is 107 cm³/mol. The molecule has 1 amide bonds. The van der Waals surface area contributed by atoms with Crippen LogP contribution in [0.2, 0.25) is 0 Å². The van der Waals surface area contributed by atoms with Crippen molar-refractivity contribution in [3.8, 4) is 11.5 Å². The summed E-state index contributed by atoms with van der Waals surface area (Å²) in [6, 6.07) is 8.96. The van der Waals surface area contributed by atoms with E-state index in [-0.39, 0.29) is 12.6 Å². The average molecular weight is 448 g/mol. The molecule has 8 nitrogen and oxygen atoms in total. The summed E-state index contributed by atoms with van der Waals surface area (Å²) in [5.41, 5.74) is 1.31. The van der Waals surface area contributed by atoms with E-state index in [4.69, 9.17) is 9.47 Å². The second-order valence-electron chi connectivity index (χ2n) is 6.11. The second kappa shape index (κ2) is 8.92. The Morgan fingerprint density at radius 1 is 1.21 bits per heavy atom. The van der Waals surface area contributed by atoms with Crippen molar-refractivity contribution in [3.05, 3.63) is 58.6 Å². The van der Waals surface area contributed by atoms with E-state index < -0.39 is 0 Å². The maximum Gasteiger partial charge on any atom is 0.274 e. The molecule has 0 spiro atoms. The molecule has 2 heterocycles. The molecule has 148 valence electrons. The first kappa shape index (κ1) is 19.9. The van der Waals surface area contributed by atoms with Crippen molar-refractivity contribution in [1.29, 1.82) is 0 Å². The van der Waals surface area contributed by atoms with Crippen molar-refractivity contribution in [2.24, 2.45) is 0 Å². The number of methoxy groups -OCH3 is 1. The van der Waals surface area contributed by atoms with Gasteiger partial charge in [-0.15, -0.1) is 0 Å². The van der Waals surface area contributed by atoms with E-state index >= 15 is 0 Å². The molecule has 0 aliphatic carbocycles. The summed E-state index contributed by atoms with van der Waals surface area (Å²) >= 11 is 3.48. The summed E-state index contributed by atoms with van der Waals surface area (Å²) in [6.45, 7) is 3.38. The number of aryl methyl sites for hydroxylation is 1. The van der Waals surface area contributed by atoms with Gasteiger partial charge in [0.1, 0.15) is 11.5 Å². The summed E-state index contributed by atoms with van der Waals surface area (Å²) in [4.78, 5) is 14.3. The van der Waals surface area contributed by atoms with Crippen LogP contribution in [0.3, 0.4) is 0 Å². The first-order valence-corrected chi connectivity index (χ1v) is 9.57. The highest BCUT2D eigenvalue weighted by atomic mass is 79.9.